The summed E-state index contributed by atoms with van der Waals surface area (Å²) in [6.07, 6.45) is 5.53. The molecule has 0 aliphatic heterocycles. The van der Waals surface area contributed by atoms with Crippen LogP contribution in [0.5, 0.6) is 0 Å². The maximum absolute atomic E-state index is 4.26. The molecule has 1 aromatic carbocycles. The Balaban J connectivity index is 2.53. The number of benzene rings is 1. The molecule has 0 N–H and O–H groups in total. The second-order valence-electron chi connectivity index (χ2n) is 3.17. The van der Waals surface area contributed by atoms with E-state index in [4.69, 9.17) is 0 Å². The van der Waals surface area contributed by atoms with E-state index < -0.39 is 0 Å². The van der Waals surface area contributed by atoms with E-state index in [9.17, 15) is 0 Å². The third-order valence-electron chi connectivity index (χ3n) is 2.37. The lowest BCUT2D eigenvalue weighted by atomic mass is 10.2. The Morgan fingerprint density at radius 2 is 2.20 bits per heavy atom. The first-order chi connectivity index (χ1) is 7.40. The summed E-state index contributed by atoms with van der Waals surface area (Å²) in [5, 5.41) is 14.4. The summed E-state index contributed by atoms with van der Waals surface area (Å²) in [4.78, 5) is 1.21. The number of hydrogen-bond donors (Lipinski definition) is 0. The summed E-state index contributed by atoms with van der Waals surface area (Å²) in [5.74, 6) is 0. The van der Waals surface area contributed by atoms with E-state index in [1.807, 2.05) is 18.3 Å². The van der Waals surface area contributed by atoms with Gasteiger partial charge in [0, 0.05) is 15.7 Å². The predicted octanol–water partition coefficient (Wildman–Crippen LogP) is 2.00. The van der Waals surface area contributed by atoms with Crippen molar-refractivity contribution in [3.8, 4) is 0 Å². The average molecular weight is 216 g/mol. The molecular formula is C10H8N4S. The van der Waals surface area contributed by atoms with Crippen LogP contribution in [0.15, 0.2) is 35.6 Å². The van der Waals surface area contributed by atoms with Crippen molar-refractivity contribution in [1.82, 2.24) is 19.8 Å². The second-order valence-corrected chi connectivity index (χ2v) is 4.01. The van der Waals surface area contributed by atoms with Crippen molar-refractivity contribution >= 4 is 28.2 Å². The molecule has 4 nitrogen and oxygen atoms in total. The molecule has 2 aromatic heterocycles. The molecule has 5 heteroatoms. The summed E-state index contributed by atoms with van der Waals surface area (Å²) in [5.41, 5.74) is 0.809. The Kier molecular flexibility index (Phi) is 1.85. The molecule has 0 bridgehead atoms. The van der Waals surface area contributed by atoms with Gasteiger partial charge in [-0.2, -0.15) is 9.61 Å². The fourth-order valence-electron chi connectivity index (χ4n) is 1.66. The highest BCUT2D eigenvalue weighted by molar-refractivity contribution is 7.98. The normalized spacial score (nSPS) is 11.3. The predicted molar refractivity (Wildman–Crippen MR) is 60.1 cm³/mol. The zero-order valence-electron chi connectivity index (χ0n) is 8.08. The molecule has 0 saturated heterocycles. The lowest BCUT2D eigenvalue weighted by Gasteiger charge is -2.03. The van der Waals surface area contributed by atoms with Crippen LogP contribution in [0, 0.1) is 0 Å². The zero-order valence-corrected chi connectivity index (χ0v) is 8.90. The van der Waals surface area contributed by atoms with Gasteiger partial charge in [-0.1, -0.05) is 12.1 Å². The molecule has 0 saturated carbocycles. The summed E-state index contributed by atoms with van der Waals surface area (Å²) in [6, 6.07) is 6.16. The van der Waals surface area contributed by atoms with Crippen molar-refractivity contribution in [2.75, 3.05) is 6.26 Å². The lowest BCUT2D eigenvalue weighted by molar-refractivity contribution is 0.934. The fraction of sp³-hybridized carbons (Fsp3) is 0.100. The van der Waals surface area contributed by atoms with Crippen LogP contribution in [0.25, 0.3) is 16.4 Å². The molecule has 74 valence electrons. The van der Waals surface area contributed by atoms with Crippen molar-refractivity contribution in [2.24, 2.45) is 0 Å². The smallest absolute Gasteiger partial charge is 0.185 e. The van der Waals surface area contributed by atoms with E-state index in [0.717, 1.165) is 16.4 Å². The standard InChI is InChI=1S/C10H8N4S/c1-15-9-4-2-3-7-8(9)5-12-14-6-11-13-10(7)14/h2-6H,1H3. The lowest BCUT2D eigenvalue weighted by Crippen LogP contribution is -1.91. The minimum atomic E-state index is 0.809. The van der Waals surface area contributed by atoms with Gasteiger partial charge >= 0.3 is 0 Å². The van der Waals surface area contributed by atoms with E-state index in [1.165, 1.54) is 4.90 Å². The molecule has 0 unspecified atom stereocenters. The van der Waals surface area contributed by atoms with Gasteiger partial charge in [0.25, 0.3) is 0 Å². The monoisotopic (exact) mass is 216 g/mol. The first kappa shape index (κ1) is 8.67. The maximum atomic E-state index is 4.26. The summed E-state index contributed by atoms with van der Waals surface area (Å²) >= 11 is 1.71. The Bertz CT molecular complexity index is 631. The number of thioether (sulfide) groups is 1. The molecule has 0 fully saturated rings. The van der Waals surface area contributed by atoms with Crippen molar-refractivity contribution in [1.29, 1.82) is 0 Å². The van der Waals surface area contributed by atoms with Crippen LogP contribution in [0.3, 0.4) is 0 Å². The fourth-order valence-corrected chi connectivity index (χ4v) is 2.26. The summed E-state index contributed by atoms with van der Waals surface area (Å²) in [7, 11) is 0. The highest BCUT2D eigenvalue weighted by Gasteiger charge is 2.05. The molecule has 0 aliphatic rings. The van der Waals surface area contributed by atoms with Gasteiger partial charge in [0.15, 0.2) is 5.65 Å². The number of nitrogens with zero attached hydrogens (tertiary/aromatic N) is 4. The molecule has 0 spiro atoms. The first-order valence-electron chi connectivity index (χ1n) is 4.52. The number of aromatic nitrogens is 4. The number of rotatable bonds is 1. The van der Waals surface area contributed by atoms with Crippen molar-refractivity contribution < 1.29 is 0 Å². The molecule has 2 heterocycles. The largest absolute Gasteiger partial charge is 0.200 e. The minimum Gasteiger partial charge on any atom is -0.200 e. The van der Waals surface area contributed by atoms with Crippen LogP contribution in [0.4, 0.5) is 0 Å². The van der Waals surface area contributed by atoms with Gasteiger partial charge in [0.1, 0.15) is 6.33 Å². The molecule has 0 atom stereocenters. The van der Waals surface area contributed by atoms with Crippen molar-refractivity contribution in [3.63, 3.8) is 0 Å². The van der Waals surface area contributed by atoms with Crippen LogP contribution in [-0.2, 0) is 0 Å². The highest BCUT2D eigenvalue weighted by atomic mass is 32.2. The van der Waals surface area contributed by atoms with E-state index in [-0.39, 0.29) is 0 Å². The van der Waals surface area contributed by atoms with Crippen LogP contribution in [0.2, 0.25) is 0 Å². The first-order valence-corrected chi connectivity index (χ1v) is 5.74. The molecule has 3 aromatic rings. The SMILES string of the molecule is CSc1cccc2c1cnn1cnnc21. The zero-order chi connectivity index (χ0) is 10.3. The van der Waals surface area contributed by atoms with Gasteiger partial charge in [0.2, 0.25) is 0 Å². The third kappa shape index (κ3) is 1.20. The van der Waals surface area contributed by atoms with Gasteiger partial charge in [-0.05, 0) is 12.3 Å². The van der Waals surface area contributed by atoms with Crippen LogP contribution in [-0.4, -0.2) is 26.1 Å². The quantitative estimate of drug-likeness (QED) is 0.583. The van der Waals surface area contributed by atoms with E-state index in [0.29, 0.717) is 0 Å². The van der Waals surface area contributed by atoms with Gasteiger partial charge in [0.05, 0.1) is 6.20 Å². The van der Waals surface area contributed by atoms with Gasteiger partial charge in [-0.15, -0.1) is 22.0 Å². The molecule has 0 aliphatic carbocycles. The number of fused-ring (bicyclic) bond motifs is 3. The minimum absolute atomic E-state index is 0.809. The topological polar surface area (TPSA) is 43.1 Å². The molecule has 0 radical (unpaired) electrons. The molecule has 0 amide bonds. The van der Waals surface area contributed by atoms with Crippen LogP contribution in [0.1, 0.15) is 0 Å². The Morgan fingerprint density at radius 1 is 1.27 bits per heavy atom. The van der Waals surface area contributed by atoms with E-state index >= 15 is 0 Å². The van der Waals surface area contributed by atoms with Gasteiger partial charge < -0.3 is 0 Å². The Morgan fingerprint density at radius 3 is 3.07 bits per heavy atom. The van der Waals surface area contributed by atoms with E-state index in [1.54, 1.807) is 22.6 Å². The Hall–Kier alpha value is -1.62. The van der Waals surface area contributed by atoms with Crippen molar-refractivity contribution in [3.05, 3.63) is 30.7 Å². The highest BCUT2D eigenvalue weighted by Crippen LogP contribution is 2.26. The molecular weight excluding hydrogens is 208 g/mol. The summed E-state index contributed by atoms with van der Waals surface area (Å²) < 4.78 is 1.69. The number of hydrogen-bond acceptors (Lipinski definition) is 4. The average Bonchev–Trinajstić information content (AvgIpc) is 2.76. The van der Waals surface area contributed by atoms with Gasteiger partial charge in [-0.25, -0.2) is 0 Å². The molecule has 15 heavy (non-hydrogen) atoms. The summed E-state index contributed by atoms with van der Waals surface area (Å²) in [6.45, 7) is 0. The van der Waals surface area contributed by atoms with E-state index in [2.05, 4.69) is 27.6 Å². The maximum Gasteiger partial charge on any atom is 0.185 e. The third-order valence-corrected chi connectivity index (χ3v) is 3.16. The van der Waals surface area contributed by atoms with Crippen LogP contribution >= 0.6 is 11.8 Å². The second kappa shape index (κ2) is 3.20. The Labute approximate surface area is 90.3 Å². The van der Waals surface area contributed by atoms with Crippen molar-refractivity contribution in [2.45, 2.75) is 4.90 Å². The van der Waals surface area contributed by atoms with Gasteiger partial charge in [-0.3, -0.25) is 0 Å². The molecule has 3 rings (SSSR count). The van der Waals surface area contributed by atoms with Crippen LogP contribution < -0.4 is 0 Å².